The fourth-order valence-corrected chi connectivity index (χ4v) is 1.33. The van der Waals surface area contributed by atoms with E-state index in [0.29, 0.717) is 5.69 Å². The molecule has 0 aliphatic heterocycles. The van der Waals surface area contributed by atoms with Crippen LogP contribution in [0.2, 0.25) is 0 Å². The zero-order chi connectivity index (χ0) is 12.8. The van der Waals surface area contributed by atoms with Crippen LogP contribution >= 0.6 is 0 Å². The van der Waals surface area contributed by atoms with Crippen LogP contribution in [0.1, 0.15) is 11.3 Å². The summed E-state index contributed by atoms with van der Waals surface area (Å²) in [4.78, 5) is 4.05. The molecule has 0 amide bonds. The van der Waals surface area contributed by atoms with Gasteiger partial charge < -0.3 is 10.8 Å². The van der Waals surface area contributed by atoms with Gasteiger partial charge in [0.1, 0.15) is 11.4 Å². The van der Waals surface area contributed by atoms with E-state index >= 15 is 0 Å². The van der Waals surface area contributed by atoms with Gasteiger partial charge in [-0.05, 0) is 29.8 Å². The van der Waals surface area contributed by atoms with Crippen LogP contribution in [-0.4, -0.2) is 22.1 Å². The predicted octanol–water partition coefficient (Wildman–Crippen LogP) is 1.53. The van der Waals surface area contributed by atoms with Gasteiger partial charge in [-0.3, -0.25) is 4.98 Å². The van der Waals surface area contributed by atoms with Crippen molar-refractivity contribution in [2.24, 2.45) is 15.9 Å². The lowest BCUT2D eigenvalue weighted by Crippen LogP contribution is -2.14. The Hall–Kier alpha value is -2.69. The number of hydrogen-bond acceptors (Lipinski definition) is 4. The number of amidine groups is 1. The number of pyridine rings is 1. The molecular formula is C13H12N4O. The van der Waals surface area contributed by atoms with Gasteiger partial charge in [0, 0.05) is 6.20 Å². The molecule has 2 aromatic rings. The molecule has 0 saturated heterocycles. The van der Waals surface area contributed by atoms with E-state index in [1.807, 2.05) is 6.07 Å². The van der Waals surface area contributed by atoms with E-state index in [1.54, 1.807) is 42.6 Å². The van der Waals surface area contributed by atoms with Crippen molar-refractivity contribution in [2.45, 2.75) is 0 Å². The second-order valence-corrected chi connectivity index (χ2v) is 3.54. The Labute approximate surface area is 104 Å². The summed E-state index contributed by atoms with van der Waals surface area (Å²) in [7, 11) is 0. The fourth-order valence-electron chi connectivity index (χ4n) is 1.33. The van der Waals surface area contributed by atoms with Gasteiger partial charge in [-0.2, -0.15) is 5.10 Å². The van der Waals surface area contributed by atoms with Crippen LogP contribution in [0.4, 0.5) is 0 Å². The summed E-state index contributed by atoms with van der Waals surface area (Å²) in [5.74, 6) is 0.424. The van der Waals surface area contributed by atoms with Crippen LogP contribution in [0.15, 0.2) is 58.9 Å². The Kier molecular flexibility index (Phi) is 3.66. The minimum absolute atomic E-state index is 0.181. The van der Waals surface area contributed by atoms with Gasteiger partial charge in [0.25, 0.3) is 0 Å². The van der Waals surface area contributed by atoms with Crippen LogP contribution in [0.3, 0.4) is 0 Å². The van der Waals surface area contributed by atoms with Gasteiger partial charge in [-0.15, -0.1) is 5.10 Å². The molecule has 90 valence electrons. The highest BCUT2D eigenvalue weighted by Crippen LogP contribution is 2.08. The maximum Gasteiger partial charge on any atom is 0.171 e. The third-order valence-corrected chi connectivity index (χ3v) is 2.17. The van der Waals surface area contributed by atoms with Crippen LogP contribution in [0, 0.1) is 0 Å². The second-order valence-electron chi connectivity index (χ2n) is 3.54. The molecule has 0 spiro atoms. The topological polar surface area (TPSA) is 83.9 Å². The van der Waals surface area contributed by atoms with Crippen molar-refractivity contribution in [3.8, 4) is 5.75 Å². The molecule has 3 N–H and O–H groups in total. The van der Waals surface area contributed by atoms with Gasteiger partial charge in [-0.1, -0.05) is 18.2 Å². The molecule has 0 bridgehead atoms. The Balaban J connectivity index is 2.11. The lowest BCUT2D eigenvalue weighted by Gasteiger charge is -1.96. The smallest absolute Gasteiger partial charge is 0.171 e. The highest BCUT2D eigenvalue weighted by molar-refractivity contribution is 5.95. The summed E-state index contributed by atoms with van der Waals surface area (Å²) in [6, 6.07) is 12.1. The Morgan fingerprint density at radius 1 is 1.22 bits per heavy atom. The summed E-state index contributed by atoms with van der Waals surface area (Å²) >= 11 is 0. The molecule has 1 aromatic heterocycles. The Morgan fingerprint density at radius 3 is 2.83 bits per heavy atom. The van der Waals surface area contributed by atoms with Crippen molar-refractivity contribution < 1.29 is 5.11 Å². The number of phenols is 1. The van der Waals surface area contributed by atoms with Crippen LogP contribution in [-0.2, 0) is 0 Å². The first-order valence-corrected chi connectivity index (χ1v) is 5.32. The third-order valence-electron chi connectivity index (χ3n) is 2.17. The van der Waals surface area contributed by atoms with E-state index in [9.17, 15) is 5.11 Å². The standard InChI is InChI=1S/C13H12N4O/c14-13(12-6-1-2-7-15-12)17-16-9-10-4-3-5-11(18)8-10/h1-9,18H,(H2,14,17). The molecule has 1 aromatic carbocycles. The van der Waals surface area contributed by atoms with E-state index in [-0.39, 0.29) is 11.6 Å². The van der Waals surface area contributed by atoms with Crippen molar-refractivity contribution in [3.63, 3.8) is 0 Å². The number of rotatable bonds is 3. The monoisotopic (exact) mass is 240 g/mol. The van der Waals surface area contributed by atoms with Crippen molar-refractivity contribution in [2.75, 3.05) is 0 Å². The number of phenolic OH excluding ortho intramolecular Hbond substituents is 1. The molecule has 0 saturated carbocycles. The second kappa shape index (κ2) is 5.58. The maximum absolute atomic E-state index is 9.27. The quantitative estimate of drug-likeness (QED) is 0.484. The third kappa shape index (κ3) is 3.15. The normalized spacial score (nSPS) is 11.9. The summed E-state index contributed by atoms with van der Waals surface area (Å²) < 4.78 is 0. The number of benzene rings is 1. The van der Waals surface area contributed by atoms with E-state index < -0.39 is 0 Å². The van der Waals surface area contributed by atoms with E-state index in [0.717, 1.165) is 5.56 Å². The number of aromatic nitrogens is 1. The number of nitrogens with zero attached hydrogens (tertiary/aromatic N) is 3. The van der Waals surface area contributed by atoms with Crippen LogP contribution in [0.5, 0.6) is 5.75 Å². The highest BCUT2D eigenvalue weighted by Gasteiger charge is 1.96. The number of hydrogen-bond donors (Lipinski definition) is 2. The molecule has 18 heavy (non-hydrogen) atoms. The van der Waals surface area contributed by atoms with E-state index in [2.05, 4.69) is 15.2 Å². The van der Waals surface area contributed by atoms with Crippen molar-refractivity contribution in [1.82, 2.24) is 4.98 Å². The molecule has 2 rings (SSSR count). The molecule has 0 atom stereocenters. The zero-order valence-corrected chi connectivity index (χ0v) is 9.56. The SMILES string of the molecule is NC(=NN=Cc1cccc(O)c1)c1ccccn1. The minimum Gasteiger partial charge on any atom is -0.508 e. The van der Waals surface area contributed by atoms with Gasteiger partial charge in [0.05, 0.1) is 6.21 Å². The molecule has 5 heteroatoms. The van der Waals surface area contributed by atoms with E-state index in [1.165, 1.54) is 6.21 Å². The molecule has 0 unspecified atom stereocenters. The molecular weight excluding hydrogens is 228 g/mol. The summed E-state index contributed by atoms with van der Waals surface area (Å²) in [5, 5.41) is 17.0. The first-order valence-electron chi connectivity index (χ1n) is 5.32. The van der Waals surface area contributed by atoms with Gasteiger partial charge in [-0.25, -0.2) is 0 Å². The molecule has 0 aliphatic carbocycles. The van der Waals surface area contributed by atoms with Gasteiger partial charge in [0.2, 0.25) is 0 Å². The summed E-state index contributed by atoms with van der Waals surface area (Å²) in [6.07, 6.45) is 3.15. The molecule has 0 fully saturated rings. The Bertz CT molecular complexity index is 579. The average molecular weight is 240 g/mol. The Morgan fingerprint density at radius 2 is 2.11 bits per heavy atom. The molecule has 5 nitrogen and oxygen atoms in total. The van der Waals surface area contributed by atoms with Gasteiger partial charge in [0.15, 0.2) is 5.84 Å². The number of nitrogens with two attached hydrogens (primary N) is 1. The lowest BCUT2D eigenvalue weighted by molar-refractivity contribution is 0.475. The lowest BCUT2D eigenvalue weighted by atomic mass is 10.2. The van der Waals surface area contributed by atoms with E-state index in [4.69, 9.17) is 5.73 Å². The first-order chi connectivity index (χ1) is 8.75. The van der Waals surface area contributed by atoms with Crippen LogP contribution in [0.25, 0.3) is 0 Å². The van der Waals surface area contributed by atoms with Crippen molar-refractivity contribution >= 4 is 12.1 Å². The zero-order valence-electron chi connectivity index (χ0n) is 9.56. The average Bonchev–Trinajstić information content (AvgIpc) is 2.40. The van der Waals surface area contributed by atoms with Crippen LogP contribution < -0.4 is 5.73 Å². The predicted molar refractivity (Wildman–Crippen MR) is 70.7 cm³/mol. The summed E-state index contributed by atoms with van der Waals surface area (Å²) in [6.45, 7) is 0. The fraction of sp³-hybridized carbons (Fsp3) is 0. The highest BCUT2D eigenvalue weighted by atomic mass is 16.3. The van der Waals surface area contributed by atoms with Crippen molar-refractivity contribution in [1.29, 1.82) is 0 Å². The molecule has 1 heterocycles. The van der Waals surface area contributed by atoms with Crippen molar-refractivity contribution in [3.05, 3.63) is 59.9 Å². The maximum atomic E-state index is 9.27. The summed E-state index contributed by atoms with van der Waals surface area (Å²) in [5.41, 5.74) is 7.03. The first kappa shape index (κ1) is 11.8. The largest absolute Gasteiger partial charge is 0.508 e. The molecule has 0 radical (unpaired) electrons. The van der Waals surface area contributed by atoms with Gasteiger partial charge >= 0.3 is 0 Å². The minimum atomic E-state index is 0.181. The molecule has 0 aliphatic rings. The number of aromatic hydroxyl groups is 1.